The summed E-state index contributed by atoms with van der Waals surface area (Å²) in [7, 11) is -3.32. The van der Waals surface area contributed by atoms with Crippen LogP contribution < -0.4 is 9.62 Å². The number of carbonyl (C=O) groups excluding carboxylic acids is 1. The van der Waals surface area contributed by atoms with E-state index in [1.165, 1.54) is 16.4 Å². The molecule has 0 aromatic heterocycles. The van der Waals surface area contributed by atoms with Crippen LogP contribution in [0.25, 0.3) is 0 Å². The number of sulfonamides is 1. The van der Waals surface area contributed by atoms with Crippen molar-refractivity contribution in [3.63, 3.8) is 0 Å². The number of nitrogens with one attached hydrogen (secondary N) is 1. The van der Waals surface area contributed by atoms with Gasteiger partial charge in [0, 0.05) is 17.3 Å². The van der Waals surface area contributed by atoms with Gasteiger partial charge in [-0.05, 0) is 55.3 Å². The van der Waals surface area contributed by atoms with Gasteiger partial charge in [-0.3, -0.25) is 9.10 Å². The Morgan fingerprint density at radius 1 is 1.04 bits per heavy atom. The second-order valence-corrected chi connectivity index (χ2v) is 8.58. The van der Waals surface area contributed by atoms with Crippen molar-refractivity contribution in [2.45, 2.75) is 12.8 Å². The summed E-state index contributed by atoms with van der Waals surface area (Å²) in [5.74, 6) is -0.246. The molecule has 1 N–H and O–H groups in total. The molecule has 1 heterocycles. The van der Waals surface area contributed by atoms with Crippen molar-refractivity contribution in [3.05, 3.63) is 58.1 Å². The molecule has 3 rings (SSSR count). The first kappa shape index (κ1) is 18.0. The van der Waals surface area contributed by atoms with Crippen LogP contribution in [0.2, 0.25) is 10.0 Å². The molecule has 1 aliphatic heterocycles. The topological polar surface area (TPSA) is 66.5 Å². The van der Waals surface area contributed by atoms with E-state index in [-0.39, 0.29) is 22.2 Å². The molecule has 0 aliphatic carbocycles. The maximum Gasteiger partial charge on any atom is 0.257 e. The standard InChI is InChI=1S/C17H16Cl2N2O3S/c18-12-3-5-13(6-4-12)20-17(22)15-8-7-14(11-16(15)19)21-9-1-2-10-25(21,23)24/h3-8,11H,1-2,9-10H2,(H,20,22). The van der Waals surface area contributed by atoms with Gasteiger partial charge < -0.3 is 5.32 Å². The molecule has 1 amide bonds. The predicted octanol–water partition coefficient (Wildman–Crippen LogP) is 4.18. The SMILES string of the molecule is O=C(Nc1ccc(Cl)cc1)c1ccc(N2CCCCS2(=O)=O)cc1Cl. The van der Waals surface area contributed by atoms with Gasteiger partial charge in [-0.2, -0.15) is 0 Å². The van der Waals surface area contributed by atoms with Crippen LogP contribution in [0.15, 0.2) is 42.5 Å². The molecule has 0 unspecified atom stereocenters. The zero-order chi connectivity index (χ0) is 18.0. The van der Waals surface area contributed by atoms with Crippen LogP contribution in [0.5, 0.6) is 0 Å². The van der Waals surface area contributed by atoms with Crippen LogP contribution >= 0.6 is 23.2 Å². The summed E-state index contributed by atoms with van der Waals surface area (Å²) < 4.78 is 25.7. The molecule has 1 fully saturated rings. The number of nitrogens with zero attached hydrogens (tertiary/aromatic N) is 1. The fourth-order valence-corrected chi connectivity index (χ4v) is 4.67. The summed E-state index contributed by atoms with van der Waals surface area (Å²) >= 11 is 12.0. The Morgan fingerprint density at radius 3 is 2.40 bits per heavy atom. The summed E-state index contributed by atoms with van der Waals surface area (Å²) in [4.78, 5) is 12.4. The molecule has 132 valence electrons. The van der Waals surface area contributed by atoms with Gasteiger partial charge in [-0.1, -0.05) is 23.2 Å². The average Bonchev–Trinajstić information content (AvgIpc) is 2.56. The Morgan fingerprint density at radius 2 is 1.76 bits per heavy atom. The maximum absolute atomic E-state index is 12.4. The quantitative estimate of drug-likeness (QED) is 0.842. The maximum atomic E-state index is 12.4. The highest BCUT2D eigenvalue weighted by molar-refractivity contribution is 7.92. The van der Waals surface area contributed by atoms with Crippen LogP contribution in [0.3, 0.4) is 0 Å². The summed E-state index contributed by atoms with van der Waals surface area (Å²) in [5.41, 5.74) is 1.34. The molecule has 2 aromatic carbocycles. The van der Waals surface area contributed by atoms with Crippen molar-refractivity contribution < 1.29 is 13.2 Å². The average molecular weight is 399 g/mol. The fourth-order valence-electron chi connectivity index (χ4n) is 2.65. The van der Waals surface area contributed by atoms with Crippen LogP contribution in [-0.2, 0) is 10.0 Å². The second kappa shape index (κ2) is 7.23. The minimum atomic E-state index is -3.32. The van der Waals surface area contributed by atoms with E-state index in [2.05, 4.69) is 5.32 Å². The fraction of sp³-hybridized carbons (Fsp3) is 0.235. The molecule has 0 spiro atoms. The molecule has 0 atom stereocenters. The lowest BCUT2D eigenvalue weighted by Gasteiger charge is -2.28. The van der Waals surface area contributed by atoms with Crippen molar-refractivity contribution in [2.75, 3.05) is 21.9 Å². The molecular formula is C17H16Cl2N2O3S. The van der Waals surface area contributed by atoms with Gasteiger partial charge in [0.1, 0.15) is 0 Å². The number of anilines is 2. The molecule has 0 bridgehead atoms. The van der Waals surface area contributed by atoms with Gasteiger partial charge in [-0.25, -0.2) is 8.42 Å². The van der Waals surface area contributed by atoms with E-state index in [0.29, 0.717) is 29.4 Å². The van der Waals surface area contributed by atoms with Crippen molar-refractivity contribution in [1.29, 1.82) is 0 Å². The number of hydrogen-bond donors (Lipinski definition) is 1. The predicted molar refractivity (Wildman–Crippen MR) is 101 cm³/mol. The number of halogens is 2. The van der Waals surface area contributed by atoms with E-state index in [1.807, 2.05) is 0 Å². The summed E-state index contributed by atoms with van der Waals surface area (Å²) in [6, 6.07) is 11.4. The highest BCUT2D eigenvalue weighted by atomic mass is 35.5. The van der Waals surface area contributed by atoms with Gasteiger partial charge in [-0.15, -0.1) is 0 Å². The molecule has 0 saturated carbocycles. The Labute approximate surface area is 156 Å². The molecule has 1 aliphatic rings. The van der Waals surface area contributed by atoms with Crippen LogP contribution in [0, 0.1) is 0 Å². The zero-order valence-corrected chi connectivity index (χ0v) is 15.5. The normalized spacial score (nSPS) is 16.5. The Bertz CT molecular complexity index is 899. The van der Waals surface area contributed by atoms with Crippen molar-refractivity contribution in [3.8, 4) is 0 Å². The Hall–Kier alpha value is -1.76. The molecule has 25 heavy (non-hydrogen) atoms. The molecule has 0 radical (unpaired) electrons. The number of hydrogen-bond acceptors (Lipinski definition) is 3. The lowest BCUT2D eigenvalue weighted by molar-refractivity contribution is 0.102. The highest BCUT2D eigenvalue weighted by Crippen LogP contribution is 2.28. The van der Waals surface area contributed by atoms with E-state index in [9.17, 15) is 13.2 Å². The van der Waals surface area contributed by atoms with E-state index < -0.39 is 10.0 Å². The number of rotatable bonds is 3. The lowest BCUT2D eigenvalue weighted by atomic mass is 10.1. The largest absolute Gasteiger partial charge is 0.322 e. The summed E-state index contributed by atoms with van der Waals surface area (Å²) in [5, 5.41) is 3.50. The Balaban J connectivity index is 1.82. The van der Waals surface area contributed by atoms with Crippen molar-refractivity contribution in [2.24, 2.45) is 0 Å². The Kier molecular flexibility index (Phi) is 5.22. The highest BCUT2D eigenvalue weighted by Gasteiger charge is 2.26. The third kappa shape index (κ3) is 4.08. The monoisotopic (exact) mass is 398 g/mol. The van der Waals surface area contributed by atoms with Gasteiger partial charge in [0.25, 0.3) is 5.91 Å². The van der Waals surface area contributed by atoms with Gasteiger partial charge in [0.15, 0.2) is 0 Å². The number of benzene rings is 2. The van der Waals surface area contributed by atoms with Crippen LogP contribution in [0.4, 0.5) is 11.4 Å². The van der Waals surface area contributed by atoms with E-state index in [4.69, 9.17) is 23.2 Å². The van der Waals surface area contributed by atoms with E-state index >= 15 is 0 Å². The number of amides is 1. The minimum absolute atomic E-state index is 0.128. The smallest absolute Gasteiger partial charge is 0.257 e. The number of carbonyl (C=O) groups is 1. The van der Waals surface area contributed by atoms with Gasteiger partial charge in [0.05, 0.1) is 22.0 Å². The van der Waals surface area contributed by atoms with Gasteiger partial charge >= 0.3 is 0 Å². The van der Waals surface area contributed by atoms with E-state index in [0.717, 1.165) is 6.42 Å². The van der Waals surface area contributed by atoms with Crippen molar-refractivity contribution in [1.82, 2.24) is 0 Å². The third-order valence-corrected chi connectivity index (χ3v) is 6.37. The first-order chi connectivity index (χ1) is 11.9. The molecule has 5 nitrogen and oxygen atoms in total. The first-order valence-corrected chi connectivity index (χ1v) is 10.1. The zero-order valence-electron chi connectivity index (χ0n) is 13.2. The van der Waals surface area contributed by atoms with Crippen LogP contribution in [0.1, 0.15) is 23.2 Å². The molecule has 2 aromatic rings. The van der Waals surface area contributed by atoms with Gasteiger partial charge in [0.2, 0.25) is 10.0 Å². The summed E-state index contributed by atoms with van der Waals surface area (Å²) in [6.07, 6.45) is 1.46. The molecule has 1 saturated heterocycles. The lowest BCUT2D eigenvalue weighted by Crippen LogP contribution is -2.37. The molecule has 8 heteroatoms. The van der Waals surface area contributed by atoms with E-state index in [1.54, 1.807) is 30.3 Å². The first-order valence-electron chi connectivity index (χ1n) is 7.74. The second-order valence-electron chi connectivity index (χ2n) is 5.72. The third-order valence-electron chi connectivity index (χ3n) is 3.94. The van der Waals surface area contributed by atoms with Crippen LogP contribution in [-0.4, -0.2) is 26.6 Å². The summed E-state index contributed by atoms with van der Waals surface area (Å²) in [6.45, 7) is 0.426. The molecular weight excluding hydrogens is 383 g/mol. The minimum Gasteiger partial charge on any atom is -0.322 e. The van der Waals surface area contributed by atoms with Crippen molar-refractivity contribution >= 4 is 50.5 Å².